The normalized spacial score (nSPS) is 27.0. The third-order valence-corrected chi connectivity index (χ3v) is 3.04. The quantitative estimate of drug-likeness (QED) is 0.845. The van der Waals surface area contributed by atoms with E-state index in [0.717, 1.165) is 6.42 Å². The van der Waals surface area contributed by atoms with Crippen LogP contribution >= 0.6 is 0 Å². The van der Waals surface area contributed by atoms with Crippen LogP contribution in [-0.4, -0.2) is 25.2 Å². The Labute approximate surface area is 97.7 Å². The summed E-state index contributed by atoms with van der Waals surface area (Å²) in [5.74, 6) is -0.701. The minimum absolute atomic E-state index is 0.0779. The summed E-state index contributed by atoms with van der Waals surface area (Å²) in [4.78, 5) is 11.6. The van der Waals surface area contributed by atoms with Crippen LogP contribution < -0.4 is 5.32 Å². The van der Waals surface area contributed by atoms with Gasteiger partial charge in [0.15, 0.2) is 6.23 Å². The van der Waals surface area contributed by atoms with Gasteiger partial charge in [0.2, 0.25) is 0 Å². The van der Waals surface area contributed by atoms with E-state index in [9.17, 15) is 9.18 Å². The van der Waals surface area contributed by atoms with Crippen molar-refractivity contribution < 1.29 is 18.7 Å². The maximum atomic E-state index is 13.7. The third kappa shape index (κ3) is 1.81. The molecule has 1 saturated heterocycles. The number of carbonyl (C=O) groups excluding carboxylic acids is 1. The van der Waals surface area contributed by atoms with Gasteiger partial charge in [-0.2, -0.15) is 0 Å². The maximum Gasteiger partial charge on any atom is 0.254 e. The Balaban J connectivity index is 1.87. The number of ether oxygens (including phenoxy) is 2. The van der Waals surface area contributed by atoms with Crippen LogP contribution in [0.2, 0.25) is 0 Å². The van der Waals surface area contributed by atoms with Crippen LogP contribution in [0.1, 0.15) is 28.6 Å². The second kappa shape index (κ2) is 4.09. The van der Waals surface area contributed by atoms with Crippen molar-refractivity contribution in [2.24, 2.45) is 0 Å². The summed E-state index contributed by atoms with van der Waals surface area (Å²) in [7, 11) is 0. The smallest absolute Gasteiger partial charge is 0.254 e. The summed E-state index contributed by atoms with van der Waals surface area (Å²) >= 11 is 0. The van der Waals surface area contributed by atoms with E-state index in [1.165, 1.54) is 12.1 Å². The van der Waals surface area contributed by atoms with E-state index >= 15 is 0 Å². The lowest BCUT2D eigenvalue weighted by molar-refractivity contribution is -0.0276. The first kappa shape index (κ1) is 10.7. The molecule has 4 nitrogen and oxygen atoms in total. The molecular formula is C12H12FNO3. The fourth-order valence-corrected chi connectivity index (χ4v) is 2.19. The van der Waals surface area contributed by atoms with E-state index in [-0.39, 0.29) is 12.0 Å². The summed E-state index contributed by atoms with van der Waals surface area (Å²) in [6.45, 7) is 1.14. The Hall–Kier alpha value is -1.46. The average molecular weight is 237 g/mol. The van der Waals surface area contributed by atoms with Crippen LogP contribution in [0.15, 0.2) is 18.2 Å². The Morgan fingerprint density at radius 3 is 3.12 bits per heavy atom. The molecule has 0 aliphatic carbocycles. The zero-order valence-electron chi connectivity index (χ0n) is 9.11. The average Bonchev–Trinajstić information content (AvgIpc) is 2.90. The fraction of sp³-hybridized carbons (Fsp3) is 0.417. The maximum absolute atomic E-state index is 13.7. The number of hydrogen-bond donors (Lipinski definition) is 1. The molecule has 3 rings (SSSR count). The van der Waals surface area contributed by atoms with E-state index in [1.807, 2.05) is 0 Å². The molecule has 0 aromatic heterocycles. The summed E-state index contributed by atoms with van der Waals surface area (Å²) in [6.07, 6.45) is 0.00661. The topological polar surface area (TPSA) is 47.6 Å². The van der Waals surface area contributed by atoms with Crippen molar-refractivity contribution in [3.8, 4) is 0 Å². The number of benzene rings is 1. The lowest BCUT2D eigenvalue weighted by Crippen LogP contribution is -2.26. The molecule has 2 atom stereocenters. The second-order valence-electron chi connectivity index (χ2n) is 4.18. The van der Waals surface area contributed by atoms with Crippen LogP contribution in [0.4, 0.5) is 4.39 Å². The zero-order chi connectivity index (χ0) is 11.8. The van der Waals surface area contributed by atoms with E-state index in [2.05, 4.69) is 5.32 Å². The lowest BCUT2D eigenvalue weighted by Gasteiger charge is -2.17. The molecule has 1 amide bonds. The van der Waals surface area contributed by atoms with Crippen molar-refractivity contribution in [3.63, 3.8) is 0 Å². The molecular weight excluding hydrogens is 225 g/mol. The zero-order valence-corrected chi connectivity index (χ0v) is 9.11. The molecule has 2 aliphatic rings. The van der Waals surface area contributed by atoms with Crippen LogP contribution in [0.3, 0.4) is 0 Å². The van der Waals surface area contributed by atoms with Gasteiger partial charge in [0.25, 0.3) is 5.91 Å². The molecule has 17 heavy (non-hydrogen) atoms. The Bertz CT molecular complexity index is 457. The predicted octanol–water partition coefficient (Wildman–Crippen LogP) is 1.37. The highest BCUT2D eigenvalue weighted by Crippen LogP contribution is 2.30. The van der Waals surface area contributed by atoms with Gasteiger partial charge in [-0.3, -0.25) is 4.79 Å². The van der Waals surface area contributed by atoms with E-state index < -0.39 is 12.0 Å². The Kier molecular flexibility index (Phi) is 2.57. The largest absolute Gasteiger partial charge is 0.379 e. The van der Waals surface area contributed by atoms with Crippen molar-refractivity contribution in [2.45, 2.75) is 18.8 Å². The van der Waals surface area contributed by atoms with Crippen molar-refractivity contribution in [1.29, 1.82) is 0 Å². The van der Waals surface area contributed by atoms with E-state index in [1.54, 1.807) is 6.07 Å². The predicted molar refractivity (Wildman–Crippen MR) is 56.9 cm³/mol. The molecule has 0 spiro atoms. The van der Waals surface area contributed by atoms with Gasteiger partial charge in [-0.15, -0.1) is 0 Å². The monoisotopic (exact) mass is 237 g/mol. The second-order valence-corrected chi connectivity index (χ2v) is 4.18. The molecule has 1 N–H and O–H groups in total. The summed E-state index contributed by atoms with van der Waals surface area (Å²) < 4.78 is 24.5. The summed E-state index contributed by atoms with van der Waals surface area (Å²) in [5, 5.41) is 2.63. The first-order chi connectivity index (χ1) is 8.25. The molecule has 1 unspecified atom stereocenters. The van der Waals surface area contributed by atoms with E-state index in [0.29, 0.717) is 24.3 Å². The van der Waals surface area contributed by atoms with Crippen molar-refractivity contribution in [2.75, 3.05) is 13.2 Å². The minimum atomic E-state index is -0.689. The summed E-state index contributed by atoms with van der Waals surface area (Å²) in [6, 6.07) is 4.46. The molecule has 1 aromatic rings. The lowest BCUT2D eigenvalue weighted by atomic mass is 10.1. The van der Waals surface area contributed by atoms with Gasteiger partial charge in [-0.25, -0.2) is 4.39 Å². The van der Waals surface area contributed by atoms with Crippen LogP contribution in [0.25, 0.3) is 0 Å². The van der Waals surface area contributed by atoms with Crippen LogP contribution in [0, 0.1) is 5.82 Å². The number of amides is 1. The van der Waals surface area contributed by atoms with Gasteiger partial charge < -0.3 is 14.8 Å². The van der Waals surface area contributed by atoms with Gasteiger partial charge in [-0.05, 0) is 18.6 Å². The highest BCUT2D eigenvalue weighted by molar-refractivity contribution is 5.98. The number of rotatable bonds is 2. The first-order valence-electron chi connectivity index (χ1n) is 5.58. The van der Waals surface area contributed by atoms with Crippen molar-refractivity contribution >= 4 is 5.91 Å². The van der Waals surface area contributed by atoms with Gasteiger partial charge in [0.05, 0.1) is 18.3 Å². The molecule has 1 aromatic carbocycles. The molecule has 0 saturated carbocycles. The molecule has 90 valence electrons. The summed E-state index contributed by atoms with van der Waals surface area (Å²) in [5.41, 5.74) is 0.665. The Morgan fingerprint density at radius 2 is 2.35 bits per heavy atom. The van der Waals surface area contributed by atoms with Crippen molar-refractivity contribution in [1.82, 2.24) is 5.32 Å². The molecule has 5 heteroatoms. The fourth-order valence-electron chi connectivity index (χ4n) is 2.19. The van der Waals surface area contributed by atoms with Gasteiger partial charge in [-0.1, -0.05) is 6.07 Å². The SMILES string of the molecule is O=C1NC(O[C@H]2CCOC2)c2c(F)cccc21. The molecule has 0 radical (unpaired) electrons. The highest BCUT2D eigenvalue weighted by Gasteiger charge is 2.34. The Morgan fingerprint density at radius 1 is 1.47 bits per heavy atom. The number of carbonyl (C=O) groups is 1. The standard InChI is InChI=1S/C12H12FNO3/c13-9-3-1-2-8-10(9)12(14-11(8)15)17-7-4-5-16-6-7/h1-3,7,12H,4-6H2,(H,14,15)/t7-,12?/m0/s1. The van der Waals surface area contributed by atoms with Gasteiger partial charge in [0.1, 0.15) is 5.82 Å². The number of hydrogen-bond acceptors (Lipinski definition) is 3. The molecule has 0 bridgehead atoms. The molecule has 1 fully saturated rings. The number of fused-ring (bicyclic) bond motifs is 1. The molecule has 2 aliphatic heterocycles. The number of halogens is 1. The minimum Gasteiger partial charge on any atom is -0.379 e. The molecule has 2 heterocycles. The highest BCUT2D eigenvalue weighted by atomic mass is 19.1. The van der Waals surface area contributed by atoms with Crippen LogP contribution in [-0.2, 0) is 9.47 Å². The number of nitrogens with one attached hydrogen (secondary N) is 1. The van der Waals surface area contributed by atoms with Crippen molar-refractivity contribution in [3.05, 3.63) is 35.1 Å². The first-order valence-corrected chi connectivity index (χ1v) is 5.58. The van der Waals surface area contributed by atoms with Crippen LogP contribution in [0.5, 0.6) is 0 Å². The third-order valence-electron chi connectivity index (χ3n) is 3.04. The van der Waals surface area contributed by atoms with Gasteiger partial charge in [0, 0.05) is 12.2 Å². The van der Waals surface area contributed by atoms with Gasteiger partial charge >= 0.3 is 0 Å². The van der Waals surface area contributed by atoms with E-state index in [4.69, 9.17) is 9.47 Å².